The molecule has 1 saturated heterocycles. The van der Waals surface area contributed by atoms with Crippen LogP contribution in [0.25, 0.3) is 11.3 Å². The maximum Gasteiger partial charge on any atom is 0.258 e. The predicted molar refractivity (Wildman–Crippen MR) is 168 cm³/mol. The number of nitrogens with one attached hydrogen (secondary N) is 3. The Kier molecular flexibility index (Phi) is 8.10. The van der Waals surface area contributed by atoms with Gasteiger partial charge in [0.1, 0.15) is 0 Å². The Morgan fingerprint density at radius 1 is 0.929 bits per heavy atom. The first-order valence-electron chi connectivity index (χ1n) is 14.6. The molecule has 7 nitrogen and oxygen atoms in total. The van der Waals surface area contributed by atoms with Gasteiger partial charge in [-0.25, -0.2) is 0 Å². The lowest BCUT2D eigenvalue weighted by molar-refractivity contribution is -0.110. The van der Waals surface area contributed by atoms with Crippen molar-refractivity contribution < 1.29 is 9.59 Å². The van der Waals surface area contributed by atoms with Crippen LogP contribution in [0.4, 0.5) is 11.4 Å². The van der Waals surface area contributed by atoms with Crippen LogP contribution in [0.5, 0.6) is 0 Å². The van der Waals surface area contributed by atoms with E-state index in [2.05, 4.69) is 57.0 Å². The molecule has 0 saturated carbocycles. The quantitative estimate of drug-likeness (QED) is 0.205. The summed E-state index contributed by atoms with van der Waals surface area (Å²) < 4.78 is 0. The molecule has 42 heavy (non-hydrogen) atoms. The van der Waals surface area contributed by atoms with Crippen molar-refractivity contribution in [3.8, 4) is 0 Å². The van der Waals surface area contributed by atoms with Gasteiger partial charge in [0.2, 0.25) is 0 Å². The first kappa shape index (κ1) is 27.4. The summed E-state index contributed by atoms with van der Waals surface area (Å²) >= 11 is 0. The molecule has 1 fully saturated rings. The number of rotatable bonds is 9. The van der Waals surface area contributed by atoms with Crippen LogP contribution in [0, 0.1) is 0 Å². The third-order valence-electron chi connectivity index (χ3n) is 7.99. The van der Waals surface area contributed by atoms with E-state index in [0.29, 0.717) is 28.1 Å². The van der Waals surface area contributed by atoms with Crippen LogP contribution < -0.4 is 16.0 Å². The monoisotopic (exact) mass is 557 g/mol. The van der Waals surface area contributed by atoms with E-state index in [9.17, 15) is 9.59 Å². The highest BCUT2D eigenvalue weighted by molar-refractivity contribution is 6.37. The van der Waals surface area contributed by atoms with Crippen LogP contribution in [0.15, 0.2) is 97.3 Å². The average molecular weight is 558 g/mol. The second kappa shape index (κ2) is 12.4. The fourth-order valence-electron chi connectivity index (χ4n) is 5.74. The fourth-order valence-corrected chi connectivity index (χ4v) is 5.74. The van der Waals surface area contributed by atoms with Crippen molar-refractivity contribution >= 4 is 34.5 Å². The highest BCUT2D eigenvalue weighted by Crippen LogP contribution is 2.38. The van der Waals surface area contributed by atoms with Gasteiger partial charge >= 0.3 is 0 Å². The van der Waals surface area contributed by atoms with Crippen molar-refractivity contribution in [2.75, 3.05) is 23.7 Å². The third kappa shape index (κ3) is 5.97. The number of anilines is 2. The molecule has 3 N–H and O–H groups in total. The molecule has 0 bridgehead atoms. The molecule has 7 heteroatoms. The minimum Gasteiger partial charge on any atom is -0.354 e. The Hall–Kier alpha value is -4.75. The van der Waals surface area contributed by atoms with Crippen LogP contribution in [-0.2, 0) is 11.3 Å². The molecule has 4 aromatic rings. The molecule has 0 aliphatic carbocycles. The van der Waals surface area contributed by atoms with Crippen LogP contribution in [0.3, 0.4) is 0 Å². The maximum absolute atomic E-state index is 13.4. The Labute approximate surface area is 246 Å². The standard InChI is InChI=1S/C35H35N5O2/c1-2-30(25-8-4-3-5-9-25)38-34(41)27-12-15-31-29(22-27)32(35(42)39-31)33(26-16-18-36-19-17-26)37-28-13-10-24(11-14-28)23-40-20-6-7-21-40/h3-5,8-19,22,30,37H,2,6-7,20-21,23H2,1H3,(H,38,41)(H,39,42)/b33-32-/t30-/m1/s1. The number of nitrogens with zero attached hydrogens (tertiary/aromatic N) is 2. The van der Waals surface area contributed by atoms with Crippen LogP contribution >= 0.6 is 0 Å². The molecule has 0 radical (unpaired) electrons. The largest absolute Gasteiger partial charge is 0.354 e. The van der Waals surface area contributed by atoms with Gasteiger partial charge in [0.25, 0.3) is 11.8 Å². The summed E-state index contributed by atoms with van der Waals surface area (Å²) in [6.45, 7) is 5.30. The Morgan fingerprint density at radius 2 is 1.67 bits per heavy atom. The van der Waals surface area contributed by atoms with Crippen molar-refractivity contribution in [1.82, 2.24) is 15.2 Å². The van der Waals surface area contributed by atoms with Gasteiger partial charge in [0.05, 0.1) is 17.3 Å². The number of hydrogen-bond donors (Lipinski definition) is 3. The molecule has 0 unspecified atom stereocenters. The summed E-state index contributed by atoms with van der Waals surface area (Å²) in [4.78, 5) is 33.5. The van der Waals surface area contributed by atoms with Gasteiger partial charge in [0.15, 0.2) is 0 Å². The normalized spacial score (nSPS) is 16.5. The number of carbonyl (C=O) groups is 2. The lowest BCUT2D eigenvalue weighted by atomic mass is 9.98. The maximum atomic E-state index is 13.4. The first-order valence-corrected chi connectivity index (χ1v) is 14.6. The van der Waals surface area contributed by atoms with Gasteiger partial charge in [-0.15, -0.1) is 0 Å². The minimum absolute atomic E-state index is 0.107. The lowest BCUT2D eigenvalue weighted by Crippen LogP contribution is -2.28. The zero-order valence-electron chi connectivity index (χ0n) is 23.8. The van der Waals surface area contributed by atoms with Gasteiger partial charge in [-0.1, -0.05) is 49.4 Å². The van der Waals surface area contributed by atoms with E-state index in [4.69, 9.17) is 0 Å². The smallest absolute Gasteiger partial charge is 0.258 e. The summed E-state index contributed by atoms with van der Waals surface area (Å²) in [6.07, 6.45) is 6.72. The number of pyridine rings is 1. The van der Waals surface area contributed by atoms with Gasteiger partial charge in [-0.05, 0) is 85.9 Å². The minimum atomic E-state index is -0.219. The zero-order valence-corrected chi connectivity index (χ0v) is 23.8. The molecule has 2 aliphatic heterocycles. The molecule has 6 rings (SSSR count). The SMILES string of the molecule is CC[C@@H](NC(=O)c1ccc2c(c1)/C(=C(/Nc1ccc(CN3CCCC3)cc1)c1ccncc1)C(=O)N2)c1ccccc1. The van der Waals surface area contributed by atoms with E-state index in [-0.39, 0.29) is 17.9 Å². The third-order valence-corrected chi connectivity index (χ3v) is 7.99. The second-order valence-electron chi connectivity index (χ2n) is 10.9. The van der Waals surface area contributed by atoms with E-state index in [1.807, 2.05) is 42.5 Å². The molecule has 1 aromatic heterocycles. The van der Waals surface area contributed by atoms with Crippen LogP contribution in [0.2, 0.25) is 0 Å². The Bertz CT molecular complexity index is 1590. The van der Waals surface area contributed by atoms with Crippen LogP contribution in [0.1, 0.15) is 64.8 Å². The predicted octanol–water partition coefficient (Wildman–Crippen LogP) is 6.49. The van der Waals surface area contributed by atoms with Gasteiger partial charge < -0.3 is 16.0 Å². The molecule has 2 aliphatic rings. The molecule has 1 atom stereocenters. The van der Waals surface area contributed by atoms with E-state index in [0.717, 1.165) is 42.9 Å². The molecule has 212 valence electrons. The molecule has 3 heterocycles. The number of fused-ring (bicyclic) bond motifs is 1. The van der Waals surface area contributed by atoms with E-state index in [1.165, 1.54) is 18.4 Å². The molecule has 3 aromatic carbocycles. The van der Waals surface area contributed by atoms with Crippen molar-refractivity contribution in [3.63, 3.8) is 0 Å². The summed E-state index contributed by atoms with van der Waals surface area (Å²) in [6, 6.07) is 27.4. The zero-order chi connectivity index (χ0) is 28.9. The van der Waals surface area contributed by atoms with Gasteiger partial charge in [-0.3, -0.25) is 19.5 Å². The van der Waals surface area contributed by atoms with Crippen molar-refractivity contribution in [2.45, 2.75) is 38.8 Å². The highest BCUT2D eigenvalue weighted by atomic mass is 16.2. The van der Waals surface area contributed by atoms with E-state index in [1.54, 1.807) is 30.6 Å². The summed E-state index contributed by atoms with van der Waals surface area (Å²) in [7, 11) is 0. The fraction of sp³-hybridized carbons (Fsp3) is 0.229. The van der Waals surface area contributed by atoms with Crippen molar-refractivity contribution in [3.05, 3.63) is 125 Å². The summed E-state index contributed by atoms with van der Waals surface area (Å²) in [5, 5.41) is 9.67. The molecular weight excluding hydrogens is 522 g/mol. The number of carbonyl (C=O) groups excluding carboxylic acids is 2. The Balaban J connectivity index is 1.32. The lowest BCUT2D eigenvalue weighted by Gasteiger charge is -2.18. The van der Waals surface area contributed by atoms with Gasteiger partial charge in [-0.2, -0.15) is 0 Å². The van der Waals surface area contributed by atoms with Crippen molar-refractivity contribution in [1.29, 1.82) is 0 Å². The van der Waals surface area contributed by atoms with Crippen molar-refractivity contribution in [2.24, 2.45) is 0 Å². The molecule has 2 amide bonds. The first-order chi connectivity index (χ1) is 20.6. The average Bonchev–Trinajstić information content (AvgIpc) is 3.66. The summed E-state index contributed by atoms with van der Waals surface area (Å²) in [5.74, 6) is -0.401. The van der Waals surface area contributed by atoms with Crippen LogP contribution in [-0.4, -0.2) is 34.8 Å². The second-order valence-corrected chi connectivity index (χ2v) is 10.9. The highest BCUT2D eigenvalue weighted by Gasteiger charge is 2.30. The Morgan fingerprint density at radius 3 is 2.38 bits per heavy atom. The number of aromatic nitrogens is 1. The van der Waals surface area contributed by atoms with Gasteiger partial charge in [0, 0.05) is 47.0 Å². The molecular formula is C35H35N5O2. The topological polar surface area (TPSA) is 86.4 Å². The van der Waals surface area contributed by atoms with E-state index >= 15 is 0 Å². The van der Waals surface area contributed by atoms with E-state index < -0.39 is 0 Å². The number of amides is 2. The molecule has 0 spiro atoms. The summed E-state index contributed by atoms with van der Waals surface area (Å²) in [5.41, 5.74) is 7.04. The number of benzene rings is 3. The number of likely N-dealkylation sites (tertiary alicyclic amines) is 1. The number of hydrogen-bond acceptors (Lipinski definition) is 5.